The van der Waals surface area contributed by atoms with Crippen LogP contribution in [0.15, 0.2) is 36.7 Å². The number of hydrogen-bond donors (Lipinski definition) is 1. The van der Waals surface area contributed by atoms with E-state index in [2.05, 4.69) is 68.3 Å². The van der Waals surface area contributed by atoms with Crippen molar-refractivity contribution in [3.63, 3.8) is 0 Å². The zero-order valence-electron chi connectivity index (χ0n) is 8.39. The number of fused-ring (bicyclic) bond motifs is 1. The second-order valence-corrected chi connectivity index (χ2v) is 4.76. The van der Waals surface area contributed by atoms with E-state index >= 15 is 0 Å². The Hall–Kier alpha value is -1.37. The van der Waals surface area contributed by atoms with Crippen molar-refractivity contribution in [1.82, 2.24) is 14.8 Å². The fourth-order valence-electron chi connectivity index (χ4n) is 1.66. The Morgan fingerprint density at radius 1 is 1.25 bits per heavy atom. The number of benzene rings is 1. The van der Waals surface area contributed by atoms with Crippen molar-refractivity contribution in [3.8, 4) is 0 Å². The number of nitrogens with one attached hydrogen (secondary N) is 1. The monoisotopic (exact) mass is 324 g/mol. The number of rotatable bonds is 1. The summed E-state index contributed by atoms with van der Waals surface area (Å²) in [6, 6.07) is 8.40. The first kappa shape index (κ1) is 9.83. The Kier molecular flexibility index (Phi) is 2.39. The van der Waals surface area contributed by atoms with Crippen LogP contribution in [-0.2, 0) is 6.54 Å². The zero-order valence-corrected chi connectivity index (χ0v) is 10.5. The molecule has 0 atom stereocenters. The van der Waals surface area contributed by atoms with Crippen molar-refractivity contribution < 1.29 is 0 Å². The van der Waals surface area contributed by atoms with Crippen LogP contribution in [0.4, 0.5) is 5.95 Å². The van der Waals surface area contributed by atoms with Crippen LogP contribution < -0.4 is 5.32 Å². The van der Waals surface area contributed by atoms with E-state index in [-0.39, 0.29) is 0 Å². The lowest BCUT2D eigenvalue weighted by atomic mass is 10.1. The average molecular weight is 324 g/mol. The highest BCUT2D eigenvalue weighted by atomic mass is 127. The fraction of sp³-hybridized carbons (Fsp3) is 0.0909. The van der Waals surface area contributed by atoms with Gasteiger partial charge in [0, 0.05) is 9.27 Å². The highest BCUT2D eigenvalue weighted by molar-refractivity contribution is 14.1. The van der Waals surface area contributed by atoms with E-state index in [4.69, 9.17) is 0 Å². The highest BCUT2D eigenvalue weighted by Crippen LogP contribution is 2.21. The molecular formula is C11H9IN4. The molecule has 1 aromatic heterocycles. The third kappa shape index (κ3) is 1.71. The molecule has 0 saturated heterocycles. The summed E-state index contributed by atoms with van der Waals surface area (Å²) in [7, 11) is 0. The van der Waals surface area contributed by atoms with Gasteiger partial charge in [0.05, 0.1) is 6.54 Å². The summed E-state index contributed by atoms with van der Waals surface area (Å²) in [6.07, 6.45) is 3.68. The van der Waals surface area contributed by atoms with Crippen molar-refractivity contribution in [2.24, 2.45) is 0 Å². The smallest absolute Gasteiger partial charge is 0.225 e. The van der Waals surface area contributed by atoms with Crippen molar-refractivity contribution in [2.75, 3.05) is 5.32 Å². The van der Waals surface area contributed by atoms with Crippen LogP contribution in [-0.4, -0.2) is 14.8 Å². The molecule has 80 valence electrons. The minimum Gasteiger partial charge on any atom is -0.324 e. The molecular weight excluding hydrogens is 315 g/mol. The number of hydrogen-bond acceptors (Lipinski definition) is 3. The van der Waals surface area contributed by atoms with Gasteiger partial charge in [-0.2, -0.15) is 10.1 Å². The molecule has 5 heteroatoms. The summed E-state index contributed by atoms with van der Waals surface area (Å²) in [5, 5.41) is 7.36. The van der Waals surface area contributed by atoms with E-state index in [0.717, 1.165) is 18.2 Å². The molecule has 3 rings (SSSR count). The molecule has 16 heavy (non-hydrogen) atoms. The van der Waals surface area contributed by atoms with Crippen LogP contribution in [0.3, 0.4) is 0 Å². The molecule has 0 amide bonds. The van der Waals surface area contributed by atoms with Gasteiger partial charge in [-0.1, -0.05) is 12.1 Å². The summed E-state index contributed by atoms with van der Waals surface area (Å²) in [5.74, 6) is 0.802. The van der Waals surface area contributed by atoms with Crippen LogP contribution in [0.1, 0.15) is 5.56 Å². The maximum atomic E-state index is 4.15. The van der Waals surface area contributed by atoms with Crippen LogP contribution >= 0.6 is 22.6 Å². The maximum absolute atomic E-state index is 4.15. The molecule has 0 spiro atoms. The van der Waals surface area contributed by atoms with E-state index in [1.165, 1.54) is 9.13 Å². The van der Waals surface area contributed by atoms with Crippen LogP contribution in [0.5, 0.6) is 0 Å². The molecule has 0 fully saturated rings. The van der Waals surface area contributed by atoms with Gasteiger partial charge in [-0.3, -0.25) is 0 Å². The SMILES string of the molecule is Ic1ccc(C2=CCn3ncnc3N2)cc1. The third-order valence-corrected chi connectivity index (χ3v) is 3.20. The minimum absolute atomic E-state index is 0.768. The molecule has 1 aromatic carbocycles. The van der Waals surface area contributed by atoms with Crippen molar-refractivity contribution in [3.05, 3.63) is 45.8 Å². The molecule has 2 aromatic rings. The van der Waals surface area contributed by atoms with E-state index in [9.17, 15) is 0 Å². The van der Waals surface area contributed by atoms with E-state index in [1.807, 2.05) is 4.68 Å². The second-order valence-electron chi connectivity index (χ2n) is 3.52. The van der Waals surface area contributed by atoms with Gasteiger partial charge < -0.3 is 5.32 Å². The van der Waals surface area contributed by atoms with E-state index in [0.29, 0.717) is 0 Å². The Bertz CT molecular complexity index is 541. The summed E-state index contributed by atoms with van der Waals surface area (Å²) in [4.78, 5) is 4.15. The molecule has 0 aliphatic carbocycles. The van der Waals surface area contributed by atoms with E-state index < -0.39 is 0 Å². The Labute approximate surface area is 107 Å². The van der Waals surface area contributed by atoms with Gasteiger partial charge in [0.2, 0.25) is 5.95 Å². The Balaban J connectivity index is 1.92. The van der Waals surface area contributed by atoms with Gasteiger partial charge in [-0.25, -0.2) is 4.68 Å². The molecule has 0 unspecified atom stereocenters. The van der Waals surface area contributed by atoms with Crippen molar-refractivity contribution >= 4 is 34.2 Å². The maximum Gasteiger partial charge on any atom is 0.225 e. The number of allylic oxidation sites excluding steroid dienone is 1. The first-order chi connectivity index (χ1) is 7.83. The lowest BCUT2D eigenvalue weighted by Gasteiger charge is -2.16. The zero-order chi connectivity index (χ0) is 11.0. The Morgan fingerprint density at radius 3 is 2.88 bits per heavy atom. The van der Waals surface area contributed by atoms with Crippen LogP contribution in [0.25, 0.3) is 5.70 Å². The van der Waals surface area contributed by atoms with Gasteiger partial charge in [0.15, 0.2) is 0 Å². The molecule has 4 nitrogen and oxygen atoms in total. The Morgan fingerprint density at radius 2 is 2.06 bits per heavy atom. The van der Waals surface area contributed by atoms with Gasteiger partial charge in [-0.05, 0) is 46.4 Å². The first-order valence-electron chi connectivity index (χ1n) is 4.94. The lowest BCUT2D eigenvalue weighted by molar-refractivity contribution is 0.701. The second kappa shape index (κ2) is 3.89. The number of anilines is 1. The van der Waals surface area contributed by atoms with Gasteiger partial charge >= 0.3 is 0 Å². The fourth-order valence-corrected chi connectivity index (χ4v) is 2.02. The molecule has 0 saturated carbocycles. The number of halogens is 1. The van der Waals surface area contributed by atoms with Crippen molar-refractivity contribution in [2.45, 2.75) is 6.54 Å². The quantitative estimate of drug-likeness (QED) is 0.819. The van der Waals surface area contributed by atoms with Gasteiger partial charge in [0.1, 0.15) is 6.33 Å². The van der Waals surface area contributed by atoms with Crippen LogP contribution in [0.2, 0.25) is 0 Å². The molecule has 0 radical (unpaired) electrons. The molecule has 1 aliphatic heterocycles. The molecule has 2 heterocycles. The summed E-state index contributed by atoms with van der Waals surface area (Å²) in [5.41, 5.74) is 2.27. The first-order valence-corrected chi connectivity index (χ1v) is 6.02. The van der Waals surface area contributed by atoms with E-state index in [1.54, 1.807) is 6.33 Å². The lowest BCUT2D eigenvalue weighted by Crippen LogP contribution is -2.13. The standard InChI is InChI=1S/C11H9IN4/c12-9-3-1-8(2-4-9)10-5-6-16-11(15-10)13-7-14-16/h1-5,7H,6H2,(H,13,14,15). The van der Waals surface area contributed by atoms with Crippen molar-refractivity contribution in [1.29, 1.82) is 0 Å². The topological polar surface area (TPSA) is 42.7 Å². The summed E-state index contributed by atoms with van der Waals surface area (Å²) < 4.78 is 3.07. The van der Waals surface area contributed by atoms with Crippen LogP contribution in [0, 0.1) is 3.57 Å². The minimum atomic E-state index is 0.768. The normalized spacial score (nSPS) is 13.9. The molecule has 0 bridgehead atoms. The molecule has 1 aliphatic rings. The largest absolute Gasteiger partial charge is 0.324 e. The van der Waals surface area contributed by atoms with Gasteiger partial charge in [0.25, 0.3) is 0 Å². The average Bonchev–Trinajstić information content (AvgIpc) is 2.77. The number of nitrogens with zero attached hydrogens (tertiary/aromatic N) is 3. The summed E-state index contributed by atoms with van der Waals surface area (Å²) in [6.45, 7) is 0.768. The predicted molar refractivity (Wildman–Crippen MR) is 70.8 cm³/mol. The highest BCUT2D eigenvalue weighted by Gasteiger charge is 2.12. The molecule has 1 N–H and O–H groups in total. The predicted octanol–water partition coefficient (Wildman–Crippen LogP) is 2.35. The number of aromatic nitrogens is 3. The third-order valence-electron chi connectivity index (χ3n) is 2.49. The van der Waals surface area contributed by atoms with Gasteiger partial charge in [-0.15, -0.1) is 0 Å². The summed E-state index contributed by atoms with van der Waals surface area (Å²) >= 11 is 2.30.